The molecule has 1 unspecified atom stereocenters. The van der Waals surface area contributed by atoms with Crippen LogP contribution in [-0.4, -0.2) is 26.1 Å². The van der Waals surface area contributed by atoms with E-state index < -0.39 is 0 Å². The van der Waals surface area contributed by atoms with Gasteiger partial charge in [-0.05, 0) is 37.8 Å². The van der Waals surface area contributed by atoms with Crippen molar-refractivity contribution in [1.82, 2.24) is 15.0 Å². The molecule has 134 valence electrons. The molecule has 0 aliphatic heterocycles. The van der Waals surface area contributed by atoms with Crippen LogP contribution in [0.3, 0.4) is 0 Å². The van der Waals surface area contributed by atoms with Crippen LogP contribution in [0.4, 0.5) is 5.82 Å². The second kappa shape index (κ2) is 7.31. The van der Waals surface area contributed by atoms with Crippen LogP contribution in [0.2, 0.25) is 10.0 Å². The van der Waals surface area contributed by atoms with Gasteiger partial charge in [-0.25, -0.2) is 15.0 Å². The SMILES string of the molecule is CC(Sc1ncnc2sc3c(c12)CCC3)C(=O)Nc1ncc(Cl)cc1Cl. The predicted octanol–water partition coefficient (Wildman–Crippen LogP) is 5.00. The Hall–Kier alpha value is -1.41. The largest absolute Gasteiger partial charge is 0.308 e. The van der Waals surface area contributed by atoms with E-state index in [4.69, 9.17) is 23.2 Å². The van der Waals surface area contributed by atoms with Crippen molar-refractivity contribution in [1.29, 1.82) is 0 Å². The molecule has 5 nitrogen and oxygen atoms in total. The van der Waals surface area contributed by atoms with E-state index in [0.717, 1.165) is 28.1 Å². The minimum atomic E-state index is -0.362. The molecule has 3 heterocycles. The Morgan fingerprint density at radius 2 is 2.15 bits per heavy atom. The summed E-state index contributed by atoms with van der Waals surface area (Å²) in [6, 6.07) is 1.55. The number of hydrogen-bond acceptors (Lipinski definition) is 6. The Bertz CT molecular complexity index is 1010. The van der Waals surface area contributed by atoms with Crippen molar-refractivity contribution >= 4 is 68.2 Å². The predicted molar refractivity (Wildman–Crippen MR) is 108 cm³/mol. The second-order valence-corrected chi connectivity index (χ2v) is 9.21. The number of fused-ring (bicyclic) bond motifs is 3. The van der Waals surface area contributed by atoms with Gasteiger partial charge in [0.1, 0.15) is 16.2 Å². The number of rotatable bonds is 4. The van der Waals surface area contributed by atoms with Gasteiger partial charge in [0, 0.05) is 16.5 Å². The molecule has 0 fully saturated rings. The Morgan fingerprint density at radius 1 is 1.31 bits per heavy atom. The third kappa shape index (κ3) is 3.41. The third-order valence-corrected chi connectivity index (χ3v) is 6.97. The normalized spacial score (nSPS) is 14.4. The maximum atomic E-state index is 12.6. The molecule has 1 aliphatic carbocycles. The number of pyridine rings is 1. The molecule has 0 spiro atoms. The first-order chi connectivity index (χ1) is 12.5. The first-order valence-electron chi connectivity index (χ1n) is 8.06. The number of aromatic nitrogens is 3. The Labute approximate surface area is 168 Å². The molecule has 4 rings (SSSR count). The Balaban J connectivity index is 1.55. The lowest BCUT2D eigenvalue weighted by Crippen LogP contribution is -2.23. The number of halogens is 2. The molecule has 1 aliphatic rings. The number of amides is 1. The summed E-state index contributed by atoms with van der Waals surface area (Å²) in [6.45, 7) is 1.84. The summed E-state index contributed by atoms with van der Waals surface area (Å²) in [4.78, 5) is 27.9. The van der Waals surface area contributed by atoms with Gasteiger partial charge < -0.3 is 5.32 Å². The molecule has 0 radical (unpaired) electrons. The lowest BCUT2D eigenvalue weighted by Gasteiger charge is -2.12. The maximum absolute atomic E-state index is 12.6. The van der Waals surface area contributed by atoms with E-state index in [1.165, 1.54) is 34.8 Å². The third-order valence-electron chi connectivity index (χ3n) is 4.17. The molecule has 0 bridgehead atoms. The quantitative estimate of drug-likeness (QED) is 0.471. The highest BCUT2D eigenvalue weighted by atomic mass is 35.5. The second-order valence-electron chi connectivity index (χ2n) is 5.95. The van der Waals surface area contributed by atoms with Crippen molar-refractivity contribution in [2.24, 2.45) is 0 Å². The van der Waals surface area contributed by atoms with Gasteiger partial charge in [-0.2, -0.15) is 0 Å². The molecule has 26 heavy (non-hydrogen) atoms. The van der Waals surface area contributed by atoms with Gasteiger partial charge in [0.2, 0.25) is 5.91 Å². The average molecular weight is 425 g/mol. The molecule has 1 atom stereocenters. The number of aryl methyl sites for hydroxylation is 2. The number of nitrogens with one attached hydrogen (secondary N) is 1. The summed E-state index contributed by atoms with van der Waals surface area (Å²) < 4.78 is 0. The van der Waals surface area contributed by atoms with E-state index in [1.807, 2.05) is 6.92 Å². The smallest absolute Gasteiger partial charge is 0.238 e. The van der Waals surface area contributed by atoms with Crippen LogP contribution in [-0.2, 0) is 17.6 Å². The van der Waals surface area contributed by atoms with E-state index in [0.29, 0.717) is 15.9 Å². The number of carbonyl (C=O) groups is 1. The number of thioether (sulfide) groups is 1. The number of nitrogens with zero attached hydrogens (tertiary/aromatic N) is 3. The van der Waals surface area contributed by atoms with Crippen LogP contribution in [0.1, 0.15) is 23.8 Å². The fourth-order valence-electron chi connectivity index (χ4n) is 2.93. The Morgan fingerprint density at radius 3 is 2.96 bits per heavy atom. The van der Waals surface area contributed by atoms with E-state index in [-0.39, 0.29) is 11.2 Å². The van der Waals surface area contributed by atoms with Crippen LogP contribution in [0.15, 0.2) is 23.6 Å². The maximum Gasteiger partial charge on any atom is 0.238 e. The van der Waals surface area contributed by atoms with E-state index in [9.17, 15) is 4.79 Å². The highest BCUT2D eigenvalue weighted by molar-refractivity contribution is 8.00. The van der Waals surface area contributed by atoms with E-state index >= 15 is 0 Å². The Kier molecular flexibility index (Phi) is 5.05. The first-order valence-corrected chi connectivity index (χ1v) is 10.5. The molecule has 0 aromatic carbocycles. The fraction of sp³-hybridized carbons (Fsp3) is 0.294. The van der Waals surface area contributed by atoms with Crippen molar-refractivity contribution < 1.29 is 4.79 Å². The zero-order chi connectivity index (χ0) is 18.3. The number of hydrogen-bond donors (Lipinski definition) is 1. The van der Waals surface area contributed by atoms with Gasteiger partial charge >= 0.3 is 0 Å². The molecule has 9 heteroatoms. The van der Waals surface area contributed by atoms with Crippen LogP contribution in [0, 0.1) is 0 Å². The van der Waals surface area contributed by atoms with Gasteiger partial charge in [-0.1, -0.05) is 35.0 Å². The fourth-order valence-corrected chi connectivity index (χ4v) is 5.60. The molecule has 0 saturated heterocycles. The highest BCUT2D eigenvalue weighted by Crippen LogP contribution is 2.41. The molecular weight excluding hydrogens is 411 g/mol. The van der Waals surface area contributed by atoms with Gasteiger partial charge in [0.05, 0.1) is 15.3 Å². The van der Waals surface area contributed by atoms with Crippen LogP contribution >= 0.6 is 46.3 Å². The monoisotopic (exact) mass is 424 g/mol. The summed E-state index contributed by atoms with van der Waals surface area (Å²) in [5.41, 5.74) is 1.35. The minimum Gasteiger partial charge on any atom is -0.308 e. The topological polar surface area (TPSA) is 67.8 Å². The zero-order valence-corrected chi connectivity index (χ0v) is 16.9. The van der Waals surface area contributed by atoms with Crippen molar-refractivity contribution in [3.05, 3.63) is 39.1 Å². The summed E-state index contributed by atoms with van der Waals surface area (Å²) in [5.74, 6) is 0.114. The van der Waals surface area contributed by atoms with Crippen LogP contribution < -0.4 is 5.32 Å². The molecule has 1 amide bonds. The number of thiophene rings is 1. The molecule has 3 aromatic heterocycles. The van der Waals surface area contributed by atoms with Crippen LogP contribution in [0.5, 0.6) is 0 Å². The van der Waals surface area contributed by atoms with Crippen LogP contribution in [0.25, 0.3) is 10.2 Å². The zero-order valence-electron chi connectivity index (χ0n) is 13.8. The van der Waals surface area contributed by atoms with E-state index in [2.05, 4.69) is 20.3 Å². The summed E-state index contributed by atoms with van der Waals surface area (Å²) >= 11 is 15.1. The van der Waals surface area contributed by atoms with Crippen molar-refractivity contribution in [3.63, 3.8) is 0 Å². The van der Waals surface area contributed by atoms with Gasteiger partial charge in [-0.15, -0.1) is 11.3 Å². The molecule has 3 aromatic rings. The van der Waals surface area contributed by atoms with Crippen molar-refractivity contribution in [2.75, 3.05) is 5.32 Å². The minimum absolute atomic E-state index is 0.189. The summed E-state index contributed by atoms with van der Waals surface area (Å²) in [6.07, 6.45) is 6.35. The van der Waals surface area contributed by atoms with Crippen molar-refractivity contribution in [3.8, 4) is 0 Å². The van der Waals surface area contributed by atoms with Gasteiger partial charge in [0.25, 0.3) is 0 Å². The number of carbonyl (C=O) groups excluding carboxylic acids is 1. The standard InChI is InChI=1S/C17H14Cl2N4OS2/c1-8(15(24)23-14-11(19)5-9(18)6-20-14)25-16-13-10-3-2-4-12(10)26-17(13)22-7-21-16/h5-8H,2-4H2,1H3,(H,20,23,24). The lowest BCUT2D eigenvalue weighted by molar-refractivity contribution is -0.115. The molecular formula is C17H14Cl2N4OS2. The molecule has 1 N–H and O–H groups in total. The number of anilines is 1. The van der Waals surface area contributed by atoms with Gasteiger partial charge in [-0.3, -0.25) is 4.79 Å². The summed E-state index contributed by atoms with van der Waals surface area (Å²) in [5, 5.41) is 5.08. The first kappa shape index (κ1) is 18.0. The summed E-state index contributed by atoms with van der Waals surface area (Å²) in [7, 11) is 0. The lowest BCUT2D eigenvalue weighted by atomic mass is 10.2. The van der Waals surface area contributed by atoms with E-state index in [1.54, 1.807) is 23.7 Å². The average Bonchev–Trinajstić information content (AvgIpc) is 3.18. The highest BCUT2D eigenvalue weighted by Gasteiger charge is 2.24. The van der Waals surface area contributed by atoms with Crippen molar-refractivity contribution in [2.45, 2.75) is 36.5 Å². The molecule has 0 saturated carbocycles. The van der Waals surface area contributed by atoms with Gasteiger partial charge in [0.15, 0.2) is 5.82 Å².